The maximum Gasteiger partial charge on any atom is 0.260 e. The number of pyridine rings is 2. The minimum Gasteiger partial charge on any atom is -0.306 e. The van der Waals surface area contributed by atoms with Crippen LogP contribution in [0.2, 0.25) is 0 Å². The lowest BCUT2D eigenvalue weighted by Gasteiger charge is -2.31. The number of aromatic nitrogens is 4. The Hall–Kier alpha value is -3.18. The number of anilines is 1. The molecular formula is C31H43N7O3S. The van der Waals surface area contributed by atoms with Crippen LogP contribution in [0.25, 0.3) is 22.2 Å². The molecule has 10 nitrogen and oxygen atoms in total. The van der Waals surface area contributed by atoms with E-state index in [1.807, 2.05) is 20.1 Å². The Bertz CT molecular complexity index is 1570. The molecule has 0 unspecified atom stereocenters. The Morgan fingerprint density at radius 2 is 1.79 bits per heavy atom. The number of hydrogen-bond donors (Lipinski definition) is 1. The zero-order valence-electron chi connectivity index (χ0n) is 25.2. The maximum atomic E-state index is 13.7. The smallest absolute Gasteiger partial charge is 0.260 e. The average Bonchev–Trinajstić information content (AvgIpc) is 2.96. The summed E-state index contributed by atoms with van der Waals surface area (Å²) in [7, 11) is 0.774. The van der Waals surface area contributed by atoms with Crippen LogP contribution in [-0.2, 0) is 10.0 Å². The number of rotatable bonds is 9. The van der Waals surface area contributed by atoms with E-state index in [9.17, 15) is 13.2 Å². The van der Waals surface area contributed by atoms with E-state index in [0.717, 1.165) is 56.8 Å². The van der Waals surface area contributed by atoms with Gasteiger partial charge in [-0.1, -0.05) is 19.3 Å². The van der Waals surface area contributed by atoms with Gasteiger partial charge in [-0.3, -0.25) is 14.1 Å². The first-order valence-corrected chi connectivity index (χ1v) is 16.8. The van der Waals surface area contributed by atoms with Crippen LogP contribution in [0.5, 0.6) is 0 Å². The van der Waals surface area contributed by atoms with Crippen molar-refractivity contribution in [1.29, 1.82) is 0 Å². The van der Waals surface area contributed by atoms with Crippen molar-refractivity contribution in [3.63, 3.8) is 0 Å². The molecule has 42 heavy (non-hydrogen) atoms. The second-order valence-corrected chi connectivity index (χ2v) is 14.2. The van der Waals surface area contributed by atoms with E-state index in [2.05, 4.69) is 43.7 Å². The van der Waals surface area contributed by atoms with Crippen LogP contribution in [0.1, 0.15) is 77.7 Å². The van der Waals surface area contributed by atoms with Crippen molar-refractivity contribution in [3.8, 4) is 11.1 Å². The van der Waals surface area contributed by atoms with Gasteiger partial charge >= 0.3 is 0 Å². The number of nitrogens with one attached hydrogen (secondary N) is 1. The van der Waals surface area contributed by atoms with Crippen molar-refractivity contribution in [3.05, 3.63) is 40.9 Å². The third-order valence-corrected chi connectivity index (χ3v) is 10.1. The van der Waals surface area contributed by atoms with Crippen molar-refractivity contribution in [2.24, 2.45) is 16.8 Å². The monoisotopic (exact) mass is 593 g/mol. The fourth-order valence-corrected chi connectivity index (χ4v) is 7.75. The van der Waals surface area contributed by atoms with Gasteiger partial charge in [-0.25, -0.2) is 23.4 Å². The second kappa shape index (κ2) is 13.0. The first-order valence-electron chi connectivity index (χ1n) is 15.2. The topological polar surface area (TPSA) is 122 Å². The van der Waals surface area contributed by atoms with Crippen molar-refractivity contribution in [2.75, 3.05) is 24.6 Å². The molecule has 2 fully saturated rings. The van der Waals surface area contributed by atoms with Gasteiger partial charge in [-0.2, -0.15) is 4.98 Å². The molecule has 226 valence electrons. The molecule has 11 heteroatoms. The van der Waals surface area contributed by atoms with Crippen LogP contribution >= 0.6 is 0 Å². The lowest BCUT2D eigenvalue weighted by molar-refractivity contribution is 0.215. The van der Waals surface area contributed by atoms with Crippen molar-refractivity contribution >= 4 is 39.0 Å². The standard InChI is InChI=1S/C31H43N7O3S/c1-21(2)38-29-25(19-34-31(35-29)33-17-22-10-13-26(14-11-22)37(3)4)16-27(30(38)39)24-12-15-28(32-18-24)36-42(40,41)20-23-8-6-5-7-9-23/h12,15-19,21-23,26H,5-11,13-14,20H2,1-4H3,(H,32,36). The molecule has 0 saturated heterocycles. The highest BCUT2D eigenvalue weighted by molar-refractivity contribution is 7.92. The quantitative estimate of drug-likeness (QED) is 0.321. The predicted molar refractivity (Wildman–Crippen MR) is 169 cm³/mol. The Morgan fingerprint density at radius 1 is 1.05 bits per heavy atom. The fourth-order valence-electron chi connectivity index (χ4n) is 6.28. The summed E-state index contributed by atoms with van der Waals surface area (Å²) in [5.74, 6) is 1.32. The summed E-state index contributed by atoms with van der Waals surface area (Å²) in [5, 5.41) is 0.723. The van der Waals surface area contributed by atoms with Crippen LogP contribution in [-0.4, -0.2) is 64.9 Å². The summed E-state index contributed by atoms with van der Waals surface area (Å²) in [6.07, 6.45) is 15.0. The largest absolute Gasteiger partial charge is 0.306 e. The molecule has 0 amide bonds. The van der Waals surface area contributed by atoms with Gasteiger partial charge in [0.25, 0.3) is 11.5 Å². The summed E-state index contributed by atoms with van der Waals surface area (Å²) in [6, 6.07) is 5.59. The van der Waals surface area contributed by atoms with Crippen molar-refractivity contribution in [2.45, 2.75) is 83.7 Å². The minimum absolute atomic E-state index is 0.115. The van der Waals surface area contributed by atoms with Crippen LogP contribution < -0.4 is 10.3 Å². The molecule has 0 atom stereocenters. The zero-order valence-corrected chi connectivity index (χ0v) is 26.0. The average molecular weight is 594 g/mol. The lowest BCUT2D eigenvalue weighted by atomic mass is 9.86. The number of fused-ring (bicyclic) bond motifs is 1. The van der Waals surface area contributed by atoms with Gasteiger partial charge < -0.3 is 4.90 Å². The van der Waals surface area contributed by atoms with E-state index in [1.54, 1.807) is 29.0 Å². The molecule has 5 rings (SSSR count). The Balaban J connectivity index is 1.35. The third kappa shape index (κ3) is 7.23. The first kappa shape index (κ1) is 30.3. The fraction of sp³-hybridized carbons (Fsp3) is 0.581. The number of sulfonamides is 1. The molecule has 0 radical (unpaired) electrons. The molecular weight excluding hydrogens is 550 g/mol. The molecule has 0 spiro atoms. The molecule has 2 aliphatic rings. The Morgan fingerprint density at radius 3 is 2.43 bits per heavy atom. The van der Waals surface area contributed by atoms with Gasteiger partial charge in [0.2, 0.25) is 10.0 Å². The Kier molecular flexibility index (Phi) is 9.37. The molecule has 2 aliphatic carbocycles. The van der Waals surface area contributed by atoms with E-state index < -0.39 is 10.0 Å². The number of hydrogen-bond acceptors (Lipinski definition) is 8. The molecule has 1 N–H and O–H groups in total. The summed E-state index contributed by atoms with van der Waals surface area (Å²) in [4.78, 5) is 34.1. The summed E-state index contributed by atoms with van der Waals surface area (Å²) in [6.45, 7) is 3.89. The van der Waals surface area contributed by atoms with Gasteiger partial charge in [-0.15, -0.1) is 0 Å². The molecule has 3 aromatic rings. The molecule has 0 aliphatic heterocycles. The van der Waals surface area contributed by atoms with Gasteiger partial charge in [0, 0.05) is 47.2 Å². The van der Waals surface area contributed by atoms with Crippen LogP contribution in [0.15, 0.2) is 40.4 Å². The summed E-state index contributed by atoms with van der Waals surface area (Å²) >= 11 is 0. The van der Waals surface area contributed by atoms with Crippen LogP contribution in [0, 0.1) is 11.8 Å². The van der Waals surface area contributed by atoms with E-state index in [0.29, 0.717) is 34.7 Å². The van der Waals surface area contributed by atoms with Crippen LogP contribution in [0.3, 0.4) is 0 Å². The highest BCUT2D eigenvalue weighted by atomic mass is 32.2. The molecule has 0 aromatic carbocycles. The number of nitrogens with zero attached hydrogens (tertiary/aromatic N) is 6. The molecule has 3 aromatic heterocycles. The second-order valence-electron chi connectivity index (χ2n) is 12.4. The normalized spacial score (nSPS) is 20.6. The van der Waals surface area contributed by atoms with Gasteiger partial charge in [0.1, 0.15) is 11.5 Å². The van der Waals surface area contributed by atoms with Gasteiger partial charge in [0.05, 0.1) is 5.75 Å². The first-order chi connectivity index (χ1) is 20.1. The summed E-state index contributed by atoms with van der Waals surface area (Å²) in [5.41, 5.74) is 1.40. The zero-order chi connectivity index (χ0) is 29.9. The summed E-state index contributed by atoms with van der Waals surface area (Å²) < 4.78 is 29.7. The van der Waals surface area contributed by atoms with Crippen LogP contribution in [0.4, 0.5) is 11.8 Å². The SMILES string of the molecule is CC(C)n1c(=O)c(-c2ccc(NS(=O)(=O)CC3CCCCC3)nc2)cc2cnc(N=CC3CCC(N(C)C)CC3)nc21. The van der Waals surface area contributed by atoms with Crippen molar-refractivity contribution in [1.82, 2.24) is 24.4 Å². The van der Waals surface area contributed by atoms with Gasteiger partial charge in [0.15, 0.2) is 0 Å². The van der Waals surface area contributed by atoms with E-state index >= 15 is 0 Å². The molecule has 2 saturated carbocycles. The molecule has 3 heterocycles. The van der Waals surface area contributed by atoms with E-state index in [-0.39, 0.29) is 29.1 Å². The predicted octanol–water partition coefficient (Wildman–Crippen LogP) is 5.58. The van der Waals surface area contributed by atoms with E-state index in [1.165, 1.54) is 12.6 Å². The van der Waals surface area contributed by atoms with E-state index in [4.69, 9.17) is 0 Å². The number of aliphatic imine (C=N–C) groups is 1. The minimum atomic E-state index is -3.50. The third-order valence-electron chi connectivity index (χ3n) is 8.66. The highest BCUT2D eigenvalue weighted by Gasteiger charge is 2.23. The van der Waals surface area contributed by atoms with Gasteiger partial charge in [-0.05, 0) is 96.5 Å². The highest BCUT2D eigenvalue weighted by Crippen LogP contribution is 2.28. The maximum absolute atomic E-state index is 13.7. The molecule has 0 bridgehead atoms. The van der Waals surface area contributed by atoms with Crippen molar-refractivity contribution < 1.29 is 8.42 Å². The Labute approximate surface area is 248 Å². The lowest BCUT2D eigenvalue weighted by Crippen LogP contribution is -2.32.